The van der Waals surface area contributed by atoms with Gasteiger partial charge in [0.2, 0.25) is 5.91 Å². The van der Waals surface area contributed by atoms with Crippen LogP contribution in [-0.4, -0.2) is 89.8 Å². The molecule has 190 valence electrons. The van der Waals surface area contributed by atoms with Crippen LogP contribution >= 0.6 is 0 Å². The van der Waals surface area contributed by atoms with E-state index in [1.165, 1.54) is 12.8 Å². The maximum absolute atomic E-state index is 12.7. The molecule has 0 aromatic heterocycles. The first-order valence-corrected chi connectivity index (χ1v) is 11.2. The third-order valence-corrected chi connectivity index (χ3v) is 6.35. The average molecular weight is 496 g/mol. The molecule has 2 amide bonds. The van der Waals surface area contributed by atoms with Gasteiger partial charge in [0.25, 0.3) is 5.91 Å². The zero-order chi connectivity index (χ0) is 25.8. The molecule has 1 aromatic carbocycles. The molecule has 2 aliphatic heterocycles. The lowest BCUT2D eigenvalue weighted by atomic mass is 9.89. The fraction of sp³-hybridized carbons (Fsp3) is 0.565. The first-order valence-electron chi connectivity index (χ1n) is 11.2. The van der Waals surface area contributed by atoms with Crippen molar-refractivity contribution in [1.82, 2.24) is 15.1 Å². The van der Waals surface area contributed by atoms with E-state index in [0.717, 1.165) is 12.8 Å². The smallest absolute Gasteiger partial charge is 0.475 e. The normalized spacial score (nSPS) is 21.9. The molecule has 35 heavy (non-hydrogen) atoms. The van der Waals surface area contributed by atoms with Gasteiger partial charge in [0.15, 0.2) is 0 Å². The Morgan fingerprint density at radius 3 is 2.37 bits per heavy atom. The van der Waals surface area contributed by atoms with Crippen LogP contribution in [0.5, 0.6) is 0 Å². The minimum atomic E-state index is -5.08. The number of carboxylic acid groups (broad SMARTS) is 1. The number of alkyl halides is 3. The summed E-state index contributed by atoms with van der Waals surface area (Å²) in [6, 6.07) is 8.84. The average Bonchev–Trinajstić information content (AvgIpc) is 3.29. The fourth-order valence-corrected chi connectivity index (χ4v) is 4.53. The summed E-state index contributed by atoms with van der Waals surface area (Å²) in [6.07, 6.45) is -0.577. The number of nitrogens with one attached hydrogen (secondary N) is 1. The number of hydrogen-bond donors (Lipinski definition) is 2. The van der Waals surface area contributed by atoms with Crippen LogP contribution in [0.15, 0.2) is 24.3 Å². The number of amides is 2. The number of carbonyl (C=O) groups excluding carboxylic acids is 2. The molecule has 1 spiro atoms. The lowest BCUT2D eigenvalue weighted by Crippen LogP contribution is -2.73. The summed E-state index contributed by atoms with van der Waals surface area (Å²) in [6.45, 7) is 1.98. The van der Waals surface area contributed by atoms with Crippen LogP contribution in [0.25, 0.3) is 0 Å². The number of rotatable bonds is 3. The van der Waals surface area contributed by atoms with Crippen LogP contribution in [0, 0.1) is 11.3 Å². The van der Waals surface area contributed by atoms with E-state index in [-0.39, 0.29) is 17.9 Å². The Morgan fingerprint density at radius 1 is 1.20 bits per heavy atom. The van der Waals surface area contributed by atoms with E-state index in [0.29, 0.717) is 43.4 Å². The van der Waals surface area contributed by atoms with Crippen LogP contribution in [0.4, 0.5) is 13.2 Å². The third kappa shape index (κ3) is 6.49. The number of nitriles is 1. The van der Waals surface area contributed by atoms with Crippen LogP contribution in [0.1, 0.15) is 41.6 Å². The van der Waals surface area contributed by atoms with Crippen molar-refractivity contribution in [3.05, 3.63) is 35.4 Å². The van der Waals surface area contributed by atoms with Gasteiger partial charge >= 0.3 is 12.1 Å². The number of halogens is 3. The van der Waals surface area contributed by atoms with Crippen molar-refractivity contribution in [2.24, 2.45) is 0 Å². The molecule has 2 N–H and O–H groups in total. The molecular weight excluding hydrogens is 469 g/mol. The van der Waals surface area contributed by atoms with Gasteiger partial charge in [-0.25, -0.2) is 4.79 Å². The largest absolute Gasteiger partial charge is 0.490 e. The van der Waals surface area contributed by atoms with E-state index in [4.69, 9.17) is 19.9 Å². The van der Waals surface area contributed by atoms with E-state index >= 15 is 0 Å². The first-order chi connectivity index (χ1) is 16.4. The second kappa shape index (κ2) is 10.6. The molecule has 1 saturated carbocycles. The minimum absolute atomic E-state index is 0.0461. The van der Waals surface area contributed by atoms with Gasteiger partial charge in [0.1, 0.15) is 11.6 Å². The molecule has 1 atom stereocenters. The van der Waals surface area contributed by atoms with Crippen molar-refractivity contribution in [3.63, 3.8) is 0 Å². The van der Waals surface area contributed by atoms with Crippen LogP contribution < -0.4 is 5.32 Å². The summed E-state index contributed by atoms with van der Waals surface area (Å²) in [5, 5.41) is 19.3. The summed E-state index contributed by atoms with van der Waals surface area (Å²) in [5.74, 6) is -2.80. The second-order valence-electron chi connectivity index (χ2n) is 9.07. The van der Waals surface area contributed by atoms with Gasteiger partial charge in [-0.05, 0) is 38.1 Å². The number of morpholine rings is 1. The number of likely N-dealkylation sites (N-methyl/N-ethyl adjacent to an activating group) is 1. The van der Waals surface area contributed by atoms with Gasteiger partial charge in [0, 0.05) is 18.2 Å². The van der Waals surface area contributed by atoms with E-state index < -0.39 is 17.7 Å². The van der Waals surface area contributed by atoms with E-state index in [9.17, 15) is 22.8 Å². The highest BCUT2D eigenvalue weighted by molar-refractivity contribution is 5.95. The molecule has 3 fully saturated rings. The van der Waals surface area contributed by atoms with Crippen LogP contribution in [-0.2, 0) is 14.3 Å². The Kier molecular flexibility index (Phi) is 8.02. The zero-order valence-electron chi connectivity index (χ0n) is 19.2. The number of likely N-dealkylation sites (tertiary alicyclic amines) is 1. The predicted octanol–water partition coefficient (Wildman–Crippen LogP) is 1.78. The molecule has 9 nitrogen and oxygen atoms in total. The Morgan fingerprint density at radius 2 is 1.83 bits per heavy atom. The predicted molar refractivity (Wildman–Crippen MR) is 116 cm³/mol. The number of ether oxygens (including phenoxy) is 1. The highest BCUT2D eigenvalue weighted by Crippen LogP contribution is 2.32. The number of benzene rings is 1. The summed E-state index contributed by atoms with van der Waals surface area (Å²) >= 11 is 0. The van der Waals surface area contributed by atoms with Crippen molar-refractivity contribution in [1.29, 1.82) is 5.26 Å². The summed E-state index contributed by atoms with van der Waals surface area (Å²) in [5.41, 5.74) is 0.597. The number of hydrogen-bond acceptors (Lipinski definition) is 6. The Bertz CT molecular complexity index is 998. The molecule has 2 heterocycles. The van der Waals surface area contributed by atoms with Gasteiger partial charge in [-0.3, -0.25) is 14.5 Å². The Hall–Kier alpha value is -3.17. The molecule has 4 rings (SSSR count). The van der Waals surface area contributed by atoms with Crippen molar-refractivity contribution in [2.75, 3.05) is 33.3 Å². The minimum Gasteiger partial charge on any atom is -0.475 e. The highest BCUT2D eigenvalue weighted by atomic mass is 19.4. The third-order valence-electron chi connectivity index (χ3n) is 6.35. The molecule has 2 saturated heterocycles. The molecule has 1 aliphatic carbocycles. The molecular formula is C23H27F3N4O5. The standard InChI is InChI=1S/C21H26N4O3.C2HF3O2/c1-24-12-21(28-11-18(24)19(26)23-17-7-2-3-8-17)13-25(14-21)20(27)16-6-4-5-15(9-16)10-22;3-2(4,5)1(6)7/h4-6,9,17-18H,2-3,7-8,11-14H2,1H3,(H,23,26);(H,6,7). The molecule has 0 bridgehead atoms. The summed E-state index contributed by atoms with van der Waals surface area (Å²) in [7, 11) is 1.95. The molecule has 1 unspecified atom stereocenters. The van der Waals surface area contributed by atoms with Gasteiger partial charge in [-0.1, -0.05) is 18.9 Å². The lowest BCUT2D eigenvalue weighted by Gasteiger charge is -2.54. The zero-order valence-corrected chi connectivity index (χ0v) is 19.2. The lowest BCUT2D eigenvalue weighted by molar-refractivity contribution is -0.192. The SMILES string of the molecule is CN1CC2(CN(C(=O)c3cccc(C#N)c3)C2)OCC1C(=O)NC1CCCC1.O=C(O)C(F)(F)F. The van der Waals surface area contributed by atoms with Crippen LogP contribution in [0.3, 0.4) is 0 Å². The van der Waals surface area contributed by atoms with Gasteiger partial charge in [-0.2, -0.15) is 18.4 Å². The van der Waals surface area contributed by atoms with Crippen LogP contribution in [0.2, 0.25) is 0 Å². The number of aliphatic carboxylic acids is 1. The van der Waals surface area contributed by atoms with Crippen molar-refractivity contribution >= 4 is 17.8 Å². The van der Waals surface area contributed by atoms with Gasteiger partial charge < -0.3 is 20.1 Å². The second-order valence-corrected chi connectivity index (χ2v) is 9.07. The molecule has 0 radical (unpaired) electrons. The highest BCUT2D eigenvalue weighted by Gasteiger charge is 2.51. The number of carbonyl (C=O) groups is 3. The van der Waals surface area contributed by atoms with Gasteiger partial charge in [-0.15, -0.1) is 0 Å². The Balaban J connectivity index is 0.000000429. The van der Waals surface area contributed by atoms with Crippen molar-refractivity contribution in [3.8, 4) is 6.07 Å². The monoisotopic (exact) mass is 496 g/mol. The van der Waals surface area contributed by atoms with E-state index in [2.05, 4.69) is 11.4 Å². The van der Waals surface area contributed by atoms with Crippen molar-refractivity contribution in [2.45, 2.75) is 49.5 Å². The molecule has 1 aromatic rings. The number of nitrogens with zero attached hydrogens (tertiary/aromatic N) is 3. The quantitative estimate of drug-likeness (QED) is 0.654. The summed E-state index contributed by atoms with van der Waals surface area (Å²) < 4.78 is 37.8. The Labute approximate surface area is 200 Å². The maximum Gasteiger partial charge on any atom is 0.490 e. The van der Waals surface area contributed by atoms with E-state index in [1.54, 1.807) is 29.2 Å². The maximum atomic E-state index is 12.7. The fourth-order valence-electron chi connectivity index (χ4n) is 4.53. The molecule has 12 heteroatoms. The van der Waals surface area contributed by atoms with Gasteiger partial charge in [0.05, 0.1) is 31.3 Å². The summed E-state index contributed by atoms with van der Waals surface area (Å²) in [4.78, 5) is 37.9. The topological polar surface area (TPSA) is 123 Å². The van der Waals surface area contributed by atoms with Crippen molar-refractivity contribution < 1.29 is 37.4 Å². The van der Waals surface area contributed by atoms with E-state index in [1.807, 2.05) is 11.9 Å². The number of carboxylic acids is 1. The molecule has 3 aliphatic rings. The first kappa shape index (κ1) is 26.4.